The van der Waals surface area contributed by atoms with Crippen LogP contribution in [-0.4, -0.2) is 24.4 Å². The fraction of sp³-hybridized carbons (Fsp3) is 0.357. The van der Waals surface area contributed by atoms with Gasteiger partial charge in [0.25, 0.3) is 0 Å². The lowest BCUT2D eigenvalue weighted by molar-refractivity contribution is -0.122. The van der Waals surface area contributed by atoms with Gasteiger partial charge in [0.15, 0.2) is 0 Å². The van der Waals surface area contributed by atoms with Crippen LogP contribution < -0.4 is 16.4 Å². The van der Waals surface area contributed by atoms with Gasteiger partial charge in [-0.2, -0.15) is 0 Å². The van der Waals surface area contributed by atoms with Crippen molar-refractivity contribution in [2.75, 3.05) is 6.54 Å². The fourth-order valence-electron chi connectivity index (χ4n) is 1.80. The van der Waals surface area contributed by atoms with Crippen molar-refractivity contribution in [1.82, 2.24) is 10.6 Å². The first-order valence-electron chi connectivity index (χ1n) is 6.50. The molecular weight excluding hydrogens is 277 g/mol. The zero-order valence-electron chi connectivity index (χ0n) is 11.7. The maximum atomic E-state index is 13.1. The summed E-state index contributed by atoms with van der Waals surface area (Å²) in [7, 11) is 0. The summed E-state index contributed by atoms with van der Waals surface area (Å²) >= 11 is 0. The van der Waals surface area contributed by atoms with Gasteiger partial charge in [-0.25, -0.2) is 9.18 Å². The van der Waals surface area contributed by atoms with E-state index in [4.69, 9.17) is 5.73 Å². The number of hydrogen-bond donors (Lipinski definition) is 3. The van der Waals surface area contributed by atoms with Crippen molar-refractivity contribution >= 4 is 17.8 Å². The lowest BCUT2D eigenvalue weighted by Crippen LogP contribution is -2.37. The summed E-state index contributed by atoms with van der Waals surface area (Å²) in [4.78, 5) is 33.2. The molecule has 4 N–H and O–H groups in total. The van der Waals surface area contributed by atoms with Gasteiger partial charge in [-0.05, 0) is 23.6 Å². The van der Waals surface area contributed by atoms with Crippen LogP contribution in [0.1, 0.15) is 31.2 Å². The molecule has 0 aliphatic heterocycles. The number of benzene rings is 1. The molecule has 0 bridgehead atoms. The number of carbonyl (C=O) groups is 3. The minimum absolute atomic E-state index is 0.0387. The Labute approximate surface area is 121 Å². The number of hydrogen-bond acceptors (Lipinski definition) is 3. The molecule has 1 aromatic carbocycles. The van der Waals surface area contributed by atoms with Crippen LogP contribution in [0.5, 0.6) is 0 Å². The molecule has 0 aromatic heterocycles. The summed E-state index contributed by atoms with van der Waals surface area (Å²) < 4.78 is 13.1. The molecule has 0 aliphatic carbocycles. The molecule has 0 saturated carbocycles. The van der Waals surface area contributed by atoms with Crippen LogP contribution in [-0.2, 0) is 9.59 Å². The first-order valence-corrected chi connectivity index (χ1v) is 6.50. The quantitative estimate of drug-likeness (QED) is 0.730. The summed E-state index contributed by atoms with van der Waals surface area (Å²) in [6.07, 6.45) is 0.143. The lowest BCUT2D eigenvalue weighted by Gasteiger charge is -2.12. The van der Waals surface area contributed by atoms with E-state index < -0.39 is 11.9 Å². The molecule has 0 heterocycles. The van der Waals surface area contributed by atoms with Gasteiger partial charge in [-0.15, -0.1) is 0 Å². The molecule has 1 aromatic rings. The van der Waals surface area contributed by atoms with Crippen molar-refractivity contribution in [2.45, 2.75) is 25.7 Å². The number of halogens is 1. The summed E-state index contributed by atoms with van der Waals surface area (Å²) in [5.41, 5.74) is 5.51. The van der Waals surface area contributed by atoms with Crippen molar-refractivity contribution < 1.29 is 18.8 Å². The molecule has 0 aliphatic rings. The Kier molecular flexibility index (Phi) is 6.32. The topological polar surface area (TPSA) is 101 Å². The summed E-state index contributed by atoms with van der Waals surface area (Å²) in [5, 5.41) is 4.45. The number of nitrogens with one attached hydrogen (secondary N) is 2. The van der Waals surface area contributed by atoms with E-state index in [0.717, 1.165) is 5.56 Å². The Morgan fingerprint density at radius 3 is 2.62 bits per heavy atom. The zero-order valence-corrected chi connectivity index (χ0v) is 11.7. The third kappa shape index (κ3) is 6.51. The Morgan fingerprint density at radius 2 is 2.00 bits per heavy atom. The molecule has 0 radical (unpaired) electrons. The SMILES string of the molecule is C[C@H](CC(=O)NCCC(=O)NC(N)=O)c1cccc(F)c1. The van der Waals surface area contributed by atoms with Crippen LogP contribution in [0.2, 0.25) is 0 Å². The highest BCUT2D eigenvalue weighted by Crippen LogP contribution is 2.19. The third-order valence-electron chi connectivity index (χ3n) is 2.85. The second-order valence-electron chi connectivity index (χ2n) is 4.67. The lowest BCUT2D eigenvalue weighted by atomic mass is 9.97. The Hall–Kier alpha value is -2.44. The van der Waals surface area contributed by atoms with E-state index in [2.05, 4.69) is 5.32 Å². The van der Waals surface area contributed by atoms with E-state index in [-0.39, 0.29) is 37.0 Å². The van der Waals surface area contributed by atoms with Crippen molar-refractivity contribution in [1.29, 1.82) is 0 Å². The summed E-state index contributed by atoms with van der Waals surface area (Å²) in [6, 6.07) is 5.14. The van der Waals surface area contributed by atoms with E-state index in [9.17, 15) is 18.8 Å². The highest BCUT2D eigenvalue weighted by atomic mass is 19.1. The number of rotatable bonds is 6. The van der Waals surface area contributed by atoms with Gasteiger partial charge in [0, 0.05) is 19.4 Å². The summed E-state index contributed by atoms with van der Waals surface area (Å²) in [5.74, 6) is -1.29. The first kappa shape index (κ1) is 16.6. The van der Waals surface area contributed by atoms with E-state index >= 15 is 0 Å². The minimum Gasteiger partial charge on any atom is -0.356 e. The van der Waals surface area contributed by atoms with Crippen LogP contribution in [0.3, 0.4) is 0 Å². The average Bonchev–Trinajstić information content (AvgIpc) is 2.37. The van der Waals surface area contributed by atoms with Crippen molar-refractivity contribution in [2.24, 2.45) is 5.73 Å². The highest BCUT2D eigenvalue weighted by Gasteiger charge is 2.12. The third-order valence-corrected chi connectivity index (χ3v) is 2.85. The van der Waals surface area contributed by atoms with Gasteiger partial charge in [-0.3, -0.25) is 14.9 Å². The minimum atomic E-state index is -0.925. The number of amides is 4. The van der Waals surface area contributed by atoms with Gasteiger partial charge >= 0.3 is 6.03 Å². The maximum absolute atomic E-state index is 13.1. The monoisotopic (exact) mass is 295 g/mol. The van der Waals surface area contributed by atoms with E-state index in [1.807, 2.05) is 12.2 Å². The summed E-state index contributed by atoms with van der Waals surface area (Å²) in [6.45, 7) is 1.92. The number of urea groups is 1. The number of imide groups is 1. The second-order valence-corrected chi connectivity index (χ2v) is 4.67. The fourth-order valence-corrected chi connectivity index (χ4v) is 1.80. The van der Waals surface area contributed by atoms with Gasteiger partial charge in [0.1, 0.15) is 5.82 Å². The Bertz CT molecular complexity index is 534. The molecule has 0 unspecified atom stereocenters. The molecule has 0 spiro atoms. The van der Waals surface area contributed by atoms with Crippen LogP contribution >= 0.6 is 0 Å². The number of primary amides is 1. The normalized spacial score (nSPS) is 11.5. The van der Waals surface area contributed by atoms with Gasteiger partial charge < -0.3 is 11.1 Å². The van der Waals surface area contributed by atoms with Crippen LogP contribution in [0.15, 0.2) is 24.3 Å². The molecule has 114 valence electrons. The zero-order chi connectivity index (χ0) is 15.8. The molecular formula is C14H18FN3O3. The van der Waals surface area contributed by atoms with Crippen molar-refractivity contribution in [3.05, 3.63) is 35.6 Å². The van der Waals surface area contributed by atoms with Crippen molar-refractivity contribution in [3.63, 3.8) is 0 Å². The van der Waals surface area contributed by atoms with Crippen LogP contribution in [0.25, 0.3) is 0 Å². The smallest absolute Gasteiger partial charge is 0.318 e. The maximum Gasteiger partial charge on any atom is 0.318 e. The standard InChI is InChI=1S/C14H18FN3O3/c1-9(10-3-2-4-11(15)8-10)7-13(20)17-6-5-12(19)18-14(16)21/h2-4,8-9H,5-7H2,1H3,(H,17,20)(H3,16,18,19,21)/t9-/m1/s1. The van der Waals surface area contributed by atoms with Crippen molar-refractivity contribution in [3.8, 4) is 0 Å². The molecule has 0 saturated heterocycles. The Morgan fingerprint density at radius 1 is 1.29 bits per heavy atom. The van der Waals surface area contributed by atoms with Gasteiger partial charge in [0.05, 0.1) is 0 Å². The predicted octanol–water partition coefficient (Wildman–Crippen LogP) is 1.02. The molecule has 1 rings (SSSR count). The highest BCUT2D eigenvalue weighted by molar-refractivity contribution is 5.93. The van der Waals surface area contributed by atoms with Crippen LogP contribution in [0, 0.1) is 5.82 Å². The van der Waals surface area contributed by atoms with E-state index in [1.54, 1.807) is 12.1 Å². The van der Waals surface area contributed by atoms with Crippen LogP contribution in [0.4, 0.5) is 9.18 Å². The molecule has 1 atom stereocenters. The Balaban J connectivity index is 2.33. The molecule has 6 nitrogen and oxygen atoms in total. The molecule has 0 fully saturated rings. The number of nitrogens with two attached hydrogens (primary N) is 1. The molecule has 21 heavy (non-hydrogen) atoms. The van der Waals surface area contributed by atoms with Gasteiger partial charge in [0.2, 0.25) is 11.8 Å². The average molecular weight is 295 g/mol. The number of carbonyl (C=O) groups excluding carboxylic acids is 3. The molecule has 4 amide bonds. The molecule has 7 heteroatoms. The van der Waals surface area contributed by atoms with E-state index in [0.29, 0.717) is 0 Å². The second kappa shape index (κ2) is 7.98. The predicted molar refractivity (Wildman–Crippen MR) is 74.8 cm³/mol. The van der Waals surface area contributed by atoms with Gasteiger partial charge in [-0.1, -0.05) is 19.1 Å². The first-order chi connectivity index (χ1) is 9.88. The van der Waals surface area contributed by atoms with E-state index in [1.165, 1.54) is 12.1 Å². The largest absolute Gasteiger partial charge is 0.356 e.